The molecule has 1 aliphatic rings. The van der Waals surface area contributed by atoms with Crippen LogP contribution in [0.3, 0.4) is 0 Å². The lowest BCUT2D eigenvalue weighted by Gasteiger charge is -2.24. The molecule has 3 aromatic rings. The molecule has 0 unspecified atom stereocenters. The molecule has 0 saturated heterocycles. The van der Waals surface area contributed by atoms with Crippen LogP contribution in [0.15, 0.2) is 77.7 Å². The van der Waals surface area contributed by atoms with Crippen LogP contribution in [-0.2, 0) is 16.4 Å². The van der Waals surface area contributed by atoms with Gasteiger partial charge in [0.2, 0.25) is 0 Å². The standard InChI is InChI=1S/C23H21FN2O3S/c1-16-14-18-15-17(23(27)25(2)20-11-9-19(24)10-12-20)8-13-22(18)26(16)30(28,29)21-6-4-3-5-7-21/h3-13,15-16H,14H2,1-2H3/t16-/m1/s1. The monoisotopic (exact) mass is 424 g/mol. The summed E-state index contributed by atoms with van der Waals surface area (Å²) in [6.07, 6.45) is 0.517. The Morgan fingerprint density at radius 3 is 2.37 bits per heavy atom. The van der Waals surface area contributed by atoms with E-state index in [4.69, 9.17) is 0 Å². The first-order valence-electron chi connectivity index (χ1n) is 9.55. The summed E-state index contributed by atoms with van der Waals surface area (Å²) in [5, 5.41) is 0. The Labute approximate surface area is 175 Å². The van der Waals surface area contributed by atoms with Gasteiger partial charge in [-0.05, 0) is 73.5 Å². The van der Waals surface area contributed by atoms with Crippen molar-refractivity contribution in [2.45, 2.75) is 24.3 Å². The molecule has 3 aromatic carbocycles. The number of hydrogen-bond acceptors (Lipinski definition) is 3. The van der Waals surface area contributed by atoms with E-state index in [1.54, 1.807) is 55.6 Å². The predicted octanol–water partition coefficient (Wildman–Crippen LogP) is 4.24. The third kappa shape index (κ3) is 3.45. The first-order valence-corrected chi connectivity index (χ1v) is 11.0. The Balaban J connectivity index is 1.66. The van der Waals surface area contributed by atoms with Gasteiger partial charge in [-0.15, -0.1) is 0 Å². The number of hydrogen-bond donors (Lipinski definition) is 0. The number of carbonyl (C=O) groups excluding carboxylic acids is 1. The van der Waals surface area contributed by atoms with Gasteiger partial charge in [-0.1, -0.05) is 18.2 Å². The van der Waals surface area contributed by atoms with Gasteiger partial charge in [-0.2, -0.15) is 0 Å². The van der Waals surface area contributed by atoms with Crippen LogP contribution in [0.25, 0.3) is 0 Å². The molecule has 4 rings (SSSR count). The SMILES string of the molecule is C[C@@H]1Cc2cc(C(=O)N(C)c3ccc(F)cc3)ccc2N1S(=O)(=O)c1ccccc1. The summed E-state index contributed by atoms with van der Waals surface area (Å²) in [5.74, 6) is -0.618. The summed E-state index contributed by atoms with van der Waals surface area (Å²) in [5.41, 5.74) is 2.42. The van der Waals surface area contributed by atoms with Crippen molar-refractivity contribution in [3.8, 4) is 0 Å². The van der Waals surface area contributed by atoms with Crippen molar-refractivity contribution < 1.29 is 17.6 Å². The minimum absolute atomic E-state index is 0.237. The van der Waals surface area contributed by atoms with Crippen molar-refractivity contribution in [3.63, 3.8) is 0 Å². The van der Waals surface area contributed by atoms with Crippen LogP contribution in [0, 0.1) is 5.82 Å². The van der Waals surface area contributed by atoms with E-state index >= 15 is 0 Å². The van der Waals surface area contributed by atoms with Gasteiger partial charge >= 0.3 is 0 Å². The molecule has 0 radical (unpaired) electrons. The van der Waals surface area contributed by atoms with Gasteiger partial charge in [0, 0.05) is 24.3 Å². The second-order valence-corrected chi connectivity index (χ2v) is 9.17. The molecule has 1 atom stereocenters. The minimum atomic E-state index is -3.70. The number of nitrogens with zero attached hydrogens (tertiary/aromatic N) is 2. The van der Waals surface area contributed by atoms with Crippen LogP contribution in [0.2, 0.25) is 0 Å². The maximum Gasteiger partial charge on any atom is 0.264 e. The Bertz CT molecular complexity index is 1190. The van der Waals surface area contributed by atoms with E-state index in [1.807, 2.05) is 6.92 Å². The van der Waals surface area contributed by atoms with Gasteiger partial charge in [-0.25, -0.2) is 12.8 Å². The molecular weight excluding hydrogens is 403 g/mol. The molecule has 0 bridgehead atoms. The third-order valence-electron chi connectivity index (χ3n) is 5.30. The third-order valence-corrected chi connectivity index (χ3v) is 7.24. The Morgan fingerprint density at radius 1 is 1.03 bits per heavy atom. The van der Waals surface area contributed by atoms with Crippen LogP contribution in [0.1, 0.15) is 22.8 Å². The molecule has 5 nitrogen and oxygen atoms in total. The van der Waals surface area contributed by atoms with E-state index < -0.39 is 10.0 Å². The van der Waals surface area contributed by atoms with Crippen LogP contribution in [0.5, 0.6) is 0 Å². The van der Waals surface area contributed by atoms with Crippen molar-refractivity contribution in [1.29, 1.82) is 0 Å². The fourth-order valence-electron chi connectivity index (χ4n) is 3.78. The van der Waals surface area contributed by atoms with E-state index in [0.29, 0.717) is 23.4 Å². The largest absolute Gasteiger partial charge is 0.311 e. The molecule has 1 heterocycles. The van der Waals surface area contributed by atoms with E-state index in [2.05, 4.69) is 0 Å². The smallest absolute Gasteiger partial charge is 0.264 e. The number of amides is 1. The molecular formula is C23H21FN2O3S. The van der Waals surface area contributed by atoms with Gasteiger partial charge in [0.25, 0.3) is 15.9 Å². The van der Waals surface area contributed by atoms with Crippen molar-refractivity contribution in [2.24, 2.45) is 0 Å². The lowest BCUT2D eigenvalue weighted by Crippen LogP contribution is -2.35. The molecule has 7 heteroatoms. The number of rotatable bonds is 4. The molecule has 0 aromatic heterocycles. The lowest BCUT2D eigenvalue weighted by atomic mass is 10.1. The highest BCUT2D eigenvalue weighted by Gasteiger charge is 2.36. The average Bonchev–Trinajstić information content (AvgIpc) is 3.09. The zero-order valence-corrected chi connectivity index (χ0v) is 17.4. The second kappa shape index (κ2) is 7.57. The van der Waals surface area contributed by atoms with Crippen LogP contribution < -0.4 is 9.21 Å². The zero-order chi connectivity index (χ0) is 21.5. The van der Waals surface area contributed by atoms with Gasteiger partial charge in [-0.3, -0.25) is 9.10 Å². The van der Waals surface area contributed by atoms with Gasteiger partial charge in [0.05, 0.1) is 10.6 Å². The summed E-state index contributed by atoms with van der Waals surface area (Å²) >= 11 is 0. The molecule has 0 spiro atoms. The highest BCUT2D eigenvalue weighted by Crippen LogP contribution is 2.37. The highest BCUT2D eigenvalue weighted by atomic mass is 32.2. The maximum absolute atomic E-state index is 13.2. The Hall–Kier alpha value is -3.19. The topological polar surface area (TPSA) is 57.7 Å². The zero-order valence-electron chi connectivity index (χ0n) is 16.6. The van der Waals surface area contributed by atoms with Gasteiger partial charge < -0.3 is 4.90 Å². The van der Waals surface area contributed by atoms with Crippen molar-refractivity contribution in [3.05, 3.63) is 89.7 Å². The number of benzene rings is 3. The first kappa shape index (κ1) is 20.1. The fraction of sp³-hybridized carbons (Fsp3) is 0.174. The van der Waals surface area contributed by atoms with E-state index in [0.717, 1.165) is 5.56 Å². The molecule has 0 aliphatic carbocycles. The summed E-state index contributed by atoms with van der Waals surface area (Å²) < 4.78 is 40.9. The summed E-state index contributed by atoms with van der Waals surface area (Å²) in [6, 6.07) is 18.8. The molecule has 0 N–H and O–H groups in total. The average molecular weight is 424 g/mol. The van der Waals surface area contributed by atoms with Crippen LogP contribution in [0.4, 0.5) is 15.8 Å². The summed E-state index contributed by atoms with van der Waals surface area (Å²) in [4.78, 5) is 14.6. The van der Waals surface area contributed by atoms with E-state index in [-0.39, 0.29) is 22.7 Å². The maximum atomic E-state index is 13.2. The number of carbonyl (C=O) groups is 1. The first-order chi connectivity index (χ1) is 14.3. The van der Waals surface area contributed by atoms with Gasteiger partial charge in [0.1, 0.15) is 5.82 Å². The minimum Gasteiger partial charge on any atom is -0.311 e. The number of halogens is 1. The number of anilines is 2. The molecule has 30 heavy (non-hydrogen) atoms. The lowest BCUT2D eigenvalue weighted by molar-refractivity contribution is 0.0993. The number of fused-ring (bicyclic) bond motifs is 1. The van der Waals surface area contributed by atoms with E-state index in [9.17, 15) is 17.6 Å². The van der Waals surface area contributed by atoms with E-state index in [1.165, 1.54) is 33.5 Å². The van der Waals surface area contributed by atoms with Crippen LogP contribution >= 0.6 is 0 Å². The van der Waals surface area contributed by atoms with Crippen molar-refractivity contribution >= 4 is 27.3 Å². The second-order valence-electron chi connectivity index (χ2n) is 7.35. The summed E-state index contributed by atoms with van der Waals surface area (Å²) in [7, 11) is -2.07. The van der Waals surface area contributed by atoms with Crippen LogP contribution in [-0.4, -0.2) is 27.4 Å². The molecule has 0 fully saturated rings. The fourth-order valence-corrected chi connectivity index (χ4v) is 5.50. The Morgan fingerprint density at radius 2 is 1.70 bits per heavy atom. The summed E-state index contributed by atoms with van der Waals surface area (Å²) in [6.45, 7) is 1.85. The molecule has 154 valence electrons. The van der Waals surface area contributed by atoms with Crippen molar-refractivity contribution in [2.75, 3.05) is 16.3 Å². The normalized spacial score (nSPS) is 15.7. The van der Waals surface area contributed by atoms with Gasteiger partial charge in [0.15, 0.2) is 0 Å². The van der Waals surface area contributed by atoms with Crippen molar-refractivity contribution in [1.82, 2.24) is 0 Å². The predicted molar refractivity (Wildman–Crippen MR) is 115 cm³/mol. The molecule has 0 saturated carbocycles. The Kier molecular flexibility index (Phi) is 5.07. The highest BCUT2D eigenvalue weighted by molar-refractivity contribution is 7.92. The molecule has 1 aliphatic heterocycles. The quantitative estimate of drug-likeness (QED) is 0.629. The number of sulfonamides is 1. The molecule has 1 amide bonds.